The van der Waals surface area contributed by atoms with Crippen LogP contribution in [0.2, 0.25) is 0 Å². The van der Waals surface area contributed by atoms with Crippen LogP contribution in [0.4, 0.5) is 10.5 Å². The number of piperazine rings is 1. The molecule has 1 aliphatic heterocycles. The fourth-order valence-electron chi connectivity index (χ4n) is 2.51. The lowest BCUT2D eigenvalue weighted by Crippen LogP contribution is -2.51. The predicted octanol–water partition coefficient (Wildman–Crippen LogP) is 2.26. The number of rotatable bonds is 3. The monoisotopic (exact) mass is 290 g/mol. The van der Waals surface area contributed by atoms with Gasteiger partial charge in [-0.1, -0.05) is 12.1 Å². The first-order valence-electron chi connectivity index (χ1n) is 7.63. The van der Waals surface area contributed by atoms with Gasteiger partial charge in [-0.3, -0.25) is 4.90 Å². The number of hydrogen-bond acceptors (Lipinski definition) is 3. The molecule has 1 aromatic rings. The zero-order valence-corrected chi connectivity index (χ0v) is 13.2. The smallest absolute Gasteiger partial charge is 0.321 e. The molecule has 1 saturated heterocycles. The van der Waals surface area contributed by atoms with Crippen LogP contribution in [0, 0.1) is 0 Å². The highest BCUT2D eigenvalue weighted by Gasteiger charge is 2.22. The zero-order valence-electron chi connectivity index (χ0n) is 13.2. The van der Waals surface area contributed by atoms with Gasteiger partial charge in [0.05, 0.1) is 0 Å². The summed E-state index contributed by atoms with van der Waals surface area (Å²) in [4.78, 5) is 16.5. The topological polar surface area (TPSA) is 61.6 Å². The van der Waals surface area contributed by atoms with E-state index in [0.29, 0.717) is 6.04 Å². The molecule has 2 rings (SSSR count). The first-order chi connectivity index (χ1) is 9.97. The Morgan fingerprint density at radius 2 is 1.67 bits per heavy atom. The lowest BCUT2D eigenvalue weighted by Gasteiger charge is -2.36. The van der Waals surface area contributed by atoms with Crippen molar-refractivity contribution in [1.82, 2.24) is 9.80 Å². The molecule has 0 aromatic heterocycles. The molecule has 1 aromatic carbocycles. The molecule has 0 aliphatic carbocycles. The highest BCUT2D eigenvalue weighted by Crippen LogP contribution is 2.15. The molecule has 116 valence electrons. The first-order valence-corrected chi connectivity index (χ1v) is 7.63. The number of nitrogens with zero attached hydrogens (tertiary/aromatic N) is 2. The van der Waals surface area contributed by atoms with Crippen molar-refractivity contribution < 1.29 is 4.79 Å². The number of hydrogen-bond donors (Lipinski definition) is 2. The van der Waals surface area contributed by atoms with Crippen molar-refractivity contribution in [1.29, 1.82) is 0 Å². The van der Waals surface area contributed by atoms with Gasteiger partial charge in [-0.15, -0.1) is 0 Å². The van der Waals surface area contributed by atoms with E-state index in [4.69, 9.17) is 5.73 Å². The molecule has 1 unspecified atom stereocenters. The summed E-state index contributed by atoms with van der Waals surface area (Å²) in [5, 5.41) is 2.95. The van der Waals surface area contributed by atoms with E-state index in [2.05, 4.69) is 24.1 Å². The average molecular weight is 290 g/mol. The summed E-state index contributed by atoms with van der Waals surface area (Å²) in [6.07, 6.45) is 0. The Kier molecular flexibility index (Phi) is 5.20. The lowest BCUT2D eigenvalue weighted by molar-refractivity contribution is 0.125. The first kappa shape index (κ1) is 15.8. The zero-order chi connectivity index (χ0) is 15.4. The minimum absolute atomic E-state index is 0.0128. The summed E-state index contributed by atoms with van der Waals surface area (Å²) in [6.45, 7) is 9.76. The summed E-state index contributed by atoms with van der Waals surface area (Å²) in [7, 11) is 0. The highest BCUT2D eigenvalue weighted by molar-refractivity contribution is 5.89. The quantitative estimate of drug-likeness (QED) is 0.897. The van der Waals surface area contributed by atoms with E-state index in [-0.39, 0.29) is 12.1 Å². The van der Waals surface area contributed by atoms with Crippen LogP contribution in [-0.2, 0) is 0 Å². The van der Waals surface area contributed by atoms with Gasteiger partial charge in [-0.05, 0) is 38.5 Å². The van der Waals surface area contributed by atoms with E-state index in [0.717, 1.165) is 37.4 Å². The predicted molar refractivity (Wildman–Crippen MR) is 86.3 cm³/mol. The van der Waals surface area contributed by atoms with Gasteiger partial charge < -0.3 is 16.0 Å². The molecule has 0 spiro atoms. The molecule has 1 atom stereocenters. The molecule has 5 nitrogen and oxygen atoms in total. The Hall–Kier alpha value is -1.59. The van der Waals surface area contributed by atoms with Gasteiger partial charge in [0.1, 0.15) is 0 Å². The fourth-order valence-corrected chi connectivity index (χ4v) is 2.51. The summed E-state index contributed by atoms with van der Waals surface area (Å²) >= 11 is 0. The van der Waals surface area contributed by atoms with Crippen LogP contribution < -0.4 is 11.1 Å². The number of carbonyl (C=O) groups is 1. The van der Waals surface area contributed by atoms with E-state index in [1.54, 1.807) is 0 Å². The van der Waals surface area contributed by atoms with Crippen LogP contribution in [0.15, 0.2) is 24.3 Å². The Morgan fingerprint density at radius 1 is 1.10 bits per heavy atom. The second-order valence-corrected chi connectivity index (χ2v) is 5.96. The average Bonchev–Trinajstić information content (AvgIpc) is 2.47. The number of nitrogens with two attached hydrogens (primary N) is 1. The Labute approximate surface area is 127 Å². The number of benzene rings is 1. The summed E-state index contributed by atoms with van der Waals surface area (Å²) in [5.74, 6) is 0. The maximum Gasteiger partial charge on any atom is 0.321 e. The number of nitrogens with one attached hydrogen (secondary N) is 1. The van der Waals surface area contributed by atoms with Crippen LogP contribution in [0.1, 0.15) is 32.4 Å². The molecule has 2 amide bonds. The number of urea groups is 1. The highest BCUT2D eigenvalue weighted by atomic mass is 16.2. The van der Waals surface area contributed by atoms with Crippen molar-refractivity contribution in [3.05, 3.63) is 29.8 Å². The maximum atomic E-state index is 12.2. The van der Waals surface area contributed by atoms with Gasteiger partial charge in [-0.2, -0.15) is 0 Å². The Bertz CT molecular complexity index is 462. The van der Waals surface area contributed by atoms with Crippen LogP contribution >= 0.6 is 0 Å². The largest absolute Gasteiger partial charge is 0.324 e. The van der Waals surface area contributed by atoms with Gasteiger partial charge in [0.25, 0.3) is 0 Å². The normalized spacial score (nSPS) is 17.9. The van der Waals surface area contributed by atoms with Crippen molar-refractivity contribution in [3.63, 3.8) is 0 Å². The van der Waals surface area contributed by atoms with E-state index in [1.165, 1.54) is 0 Å². The number of amides is 2. The summed E-state index contributed by atoms with van der Waals surface area (Å²) in [6, 6.07) is 8.25. The minimum Gasteiger partial charge on any atom is -0.324 e. The van der Waals surface area contributed by atoms with Gasteiger partial charge in [0.2, 0.25) is 0 Å². The number of anilines is 1. The third-order valence-electron chi connectivity index (χ3n) is 4.02. The Balaban J connectivity index is 1.87. The molecule has 0 bridgehead atoms. The molecule has 21 heavy (non-hydrogen) atoms. The van der Waals surface area contributed by atoms with Gasteiger partial charge in [0.15, 0.2) is 0 Å². The van der Waals surface area contributed by atoms with E-state index >= 15 is 0 Å². The number of carbonyl (C=O) groups excluding carboxylic acids is 1. The van der Waals surface area contributed by atoms with Crippen LogP contribution in [0.3, 0.4) is 0 Å². The van der Waals surface area contributed by atoms with Crippen LogP contribution in [0.25, 0.3) is 0 Å². The minimum atomic E-state index is -0.0213. The van der Waals surface area contributed by atoms with Crippen LogP contribution in [0.5, 0.6) is 0 Å². The van der Waals surface area contributed by atoms with E-state index in [1.807, 2.05) is 36.1 Å². The van der Waals surface area contributed by atoms with Crippen molar-refractivity contribution in [2.24, 2.45) is 5.73 Å². The van der Waals surface area contributed by atoms with Gasteiger partial charge in [-0.25, -0.2) is 4.79 Å². The molecule has 3 N–H and O–H groups in total. The van der Waals surface area contributed by atoms with Crippen LogP contribution in [-0.4, -0.2) is 48.1 Å². The maximum absolute atomic E-state index is 12.2. The van der Waals surface area contributed by atoms with Crippen molar-refractivity contribution >= 4 is 11.7 Å². The van der Waals surface area contributed by atoms with Crippen molar-refractivity contribution in [2.75, 3.05) is 31.5 Å². The van der Waals surface area contributed by atoms with E-state index in [9.17, 15) is 4.79 Å². The summed E-state index contributed by atoms with van der Waals surface area (Å²) < 4.78 is 0. The standard InChI is InChI=1S/C16H26N4O/c1-12(2)19-8-10-20(11-9-19)16(21)18-15-6-4-14(5-7-15)13(3)17/h4-7,12-13H,8-11,17H2,1-3H3,(H,18,21). The second kappa shape index (κ2) is 6.91. The molecule has 1 fully saturated rings. The molecular weight excluding hydrogens is 264 g/mol. The molecule has 1 heterocycles. The third kappa shape index (κ3) is 4.19. The van der Waals surface area contributed by atoms with Crippen molar-refractivity contribution in [3.8, 4) is 0 Å². The molecular formula is C16H26N4O. The Morgan fingerprint density at radius 3 is 2.14 bits per heavy atom. The SMILES string of the molecule is CC(N)c1ccc(NC(=O)N2CCN(C(C)C)CC2)cc1. The molecule has 0 radical (unpaired) electrons. The second-order valence-electron chi connectivity index (χ2n) is 5.96. The molecule has 5 heteroatoms. The van der Waals surface area contributed by atoms with E-state index < -0.39 is 0 Å². The molecule has 1 aliphatic rings. The summed E-state index contributed by atoms with van der Waals surface area (Å²) in [5.41, 5.74) is 7.70. The lowest BCUT2D eigenvalue weighted by atomic mass is 10.1. The van der Waals surface area contributed by atoms with Crippen molar-refractivity contribution in [2.45, 2.75) is 32.9 Å². The fraction of sp³-hybridized carbons (Fsp3) is 0.562. The third-order valence-corrected chi connectivity index (χ3v) is 4.02. The van der Waals surface area contributed by atoms with Gasteiger partial charge >= 0.3 is 6.03 Å². The molecule has 0 saturated carbocycles. The van der Waals surface area contributed by atoms with Gasteiger partial charge in [0, 0.05) is 44.0 Å².